The zero-order valence-corrected chi connectivity index (χ0v) is 13.3. The first-order chi connectivity index (χ1) is 10.8. The normalized spacial score (nSPS) is 15.5. The highest BCUT2D eigenvalue weighted by Crippen LogP contribution is 2.20. The van der Waals surface area contributed by atoms with E-state index >= 15 is 0 Å². The van der Waals surface area contributed by atoms with Gasteiger partial charge in [-0.1, -0.05) is 0 Å². The number of anilines is 1. The van der Waals surface area contributed by atoms with Gasteiger partial charge in [-0.2, -0.15) is 8.75 Å². The van der Waals surface area contributed by atoms with Gasteiger partial charge >= 0.3 is 0 Å². The third-order valence-electron chi connectivity index (χ3n) is 3.80. The average molecular weight is 318 g/mol. The summed E-state index contributed by atoms with van der Waals surface area (Å²) in [4.78, 5) is 16.5. The van der Waals surface area contributed by atoms with Gasteiger partial charge in [0.1, 0.15) is 5.75 Å². The molecule has 1 aliphatic rings. The number of hydrogen-bond donors (Lipinski definition) is 0. The fraction of sp³-hybridized carbons (Fsp3) is 0.400. The first-order valence-corrected chi connectivity index (χ1v) is 7.97. The van der Waals surface area contributed by atoms with Crippen LogP contribution in [0.3, 0.4) is 0 Å². The molecule has 6 nitrogen and oxygen atoms in total. The van der Waals surface area contributed by atoms with Crippen LogP contribution in [-0.2, 0) is 0 Å². The lowest BCUT2D eigenvalue weighted by atomic mass is 10.2. The number of methoxy groups -OCH3 is 1. The van der Waals surface area contributed by atoms with Gasteiger partial charge in [-0.3, -0.25) is 4.79 Å². The molecule has 1 fully saturated rings. The molecule has 0 spiro atoms. The zero-order chi connectivity index (χ0) is 15.4. The van der Waals surface area contributed by atoms with Crippen molar-refractivity contribution in [1.29, 1.82) is 0 Å². The van der Waals surface area contributed by atoms with Crippen molar-refractivity contribution < 1.29 is 9.53 Å². The average Bonchev–Trinajstić information content (AvgIpc) is 2.99. The van der Waals surface area contributed by atoms with E-state index in [0.717, 1.165) is 49.2 Å². The van der Waals surface area contributed by atoms with Crippen molar-refractivity contribution in [1.82, 2.24) is 13.6 Å². The Morgan fingerprint density at radius 1 is 1.18 bits per heavy atom. The molecule has 1 aromatic carbocycles. The minimum absolute atomic E-state index is 0.0228. The number of amides is 1. The van der Waals surface area contributed by atoms with Crippen LogP contribution in [0.1, 0.15) is 16.9 Å². The summed E-state index contributed by atoms with van der Waals surface area (Å²) in [6, 6.07) is 8.04. The largest absolute Gasteiger partial charge is 0.497 e. The van der Waals surface area contributed by atoms with Gasteiger partial charge in [0.2, 0.25) is 0 Å². The van der Waals surface area contributed by atoms with Crippen molar-refractivity contribution in [2.45, 2.75) is 6.42 Å². The number of benzene rings is 1. The van der Waals surface area contributed by atoms with Crippen LogP contribution < -0.4 is 9.64 Å². The van der Waals surface area contributed by atoms with Crippen LogP contribution in [0.25, 0.3) is 0 Å². The van der Waals surface area contributed by atoms with Crippen molar-refractivity contribution in [3.8, 4) is 5.75 Å². The molecule has 1 aliphatic heterocycles. The Bertz CT molecular complexity index is 615. The number of nitrogens with zero attached hydrogens (tertiary/aromatic N) is 4. The van der Waals surface area contributed by atoms with Gasteiger partial charge < -0.3 is 14.5 Å². The Hall–Kier alpha value is -2.15. The van der Waals surface area contributed by atoms with Crippen LogP contribution in [0, 0.1) is 0 Å². The Kier molecular flexibility index (Phi) is 4.53. The van der Waals surface area contributed by atoms with E-state index in [1.54, 1.807) is 13.3 Å². The van der Waals surface area contributed by atoms with E-state index in [-0.39, 0.29) is 5.91 Å². The highest BCUT2D eigenvalue weighted by Gasteiger charge is 2.22. The van der Waals surface area contributed by atoms with Gasteiger partial charge in [0, 0.05) is 31.9 Å². The maximum Gasteiger partial charge on any atom is 0.275 e. The lowest BCUT2D eigenvalue weighted by Crippen LogP contribution is -2.35. The standard InChI is InChI=1S/C15H18N4O2S/c1-21-13-5-3-12(4-6-13)18-7-2-8-19(10-9-18)15(20)14-11-16-22-17-14/h3-6,11H,2,7-10H2,1H3. The van der Waals surface area contributed by atoms with Crippen molar-refractivity contribution in [3.63, 3.8) is 0 Å². The zero-order valence-electron chi connectivity index (χ0n) is 12.4. The summed E-state index contributed by atoms with van der Waals surface area (Å²) in [5.74, 6) is 0.830. The van der Waals surface area contributed by atoms with Gasteiger partial charge in [-0.05, 0) is 30.7 Å². The van der Waals surface area contributed by atoms with E-state index < -0.39 is 0 Å². The lowest BCUT2D eigenvalue weighted by Gasteiger charge is -2.23. The molecule has 0 atom stereocenters. The van der Waals surface area contributed by atoms with Crippen molar-refractivity contribution in [2.75, 3.05) is 38.2 Å². The lowest BCUT2D eigenvalue weighted by molar-refractivity contribution is 0.0762. The Balaban J connectivity index is 1.65. The SMILES string of the molecule is COc1ccc(N2CCCN(C(=O)c3cnsn3)CC2)cc1. The molecule has 0 unspecified atom stereocenters. The van der Waals surface area contributed by atoms with Gasteiger partial charge in [0.05, 0.1) is 25.0 Å². The second-order valence-corrected chi connectivity index (χ2v) is 5.68. The molecular formula is C15H18N4O2S. The van der Waals surface area contributed by atoms with Crippen LogP contribution in [0.15, 0.2) is 30.5 Å². The number of ether oxygens (including phenoxy) is 1. The summed E-state index contributed by atoms with van der Waals surface area (Å²) >= 11 is 1.07. The van der Waals surface area contributed by atoms with E-state index in [0.29, 0.717) is 12.2 Å². The molecular weight excluding hydrogens is 300 g/mol. The second kappa shape index (κ2) is 6.74. The number of carbonyl (C=O) groups excluding carboxylic acids is 1. The van der Waals surface area contributed by atoms with Crippen molar-refractivity contribution in [3.05, 3.63) is 36.2 Å². The highest BCUT2D eigenvalue weighted by molar-refractivity contribution is 6.99. The topological polar surface area (TPSA) is 58.6 Å². The van der Waals surface area contributed by atoms with Gasteiger partial charge in [0.15, 0.2) is 5.69 Å². The summed E-state index contributed by atoms with van der Waals surface area (Å²) in [5.41, 5.74) is 1.60. The molecule has 0 N–H and O–H groups in total. The fourth-order valence-corrected chi connectivity index (χ4v) is 3.00. The van der Waals surface area contributed by atoms with Gasteiger partial charge in [-0.25, -0.2) is 0 Å². The molecule has 1 amide bonds. The highest BCUT2D eigenvalue weighted by atomic mass is 32.1. The quantitative estimate of drug-likeness (QED) is 0.865. The summed E-state index contributed by atoms with van der Waals surface area (Å²) in [7, 11) is 1.66. The fourth-order valence-electron chi connectivity index (χ4n) is 2.59. The van der Waals surface area contributed by atoms with Gasteiger partial charge in [-0.15, -0.1) is 0 Å². The molecule has 0 aliphatic carbocycles. The molecule has 2 heterocycles. The molecule has 2 aromatic rings. The predicted molar refractivity (Wildman–Crippen MR) is 85.6 cm³/mol. The molecule has 0 saturated carbocycles. The maximum absolute atomic E-state index is 12.3. The Morgan fingerprint density at radius 2 is 2.00 bits per heavy atom. The monoisotopic (exact) mass is 318 g/mol. The van der Waals surface area contributed by atoms with E-state index in [4.69, 9.17) is 4.74 Å². The number of aromatic nitrogens is 2. The summed E-state index contributed by atoms with van der Waals surface area (Å²) in [6.45, 7) is 3.20. The van der Waals surface area contributed by atoms with Crippen molar-refractivity contribution >= 4 is 23.3 Å². The minimum atomic E-state index is -0.0228. The maximum atomic E-state index is 12.3. The van der Waals surface area contributed by atoms with E-state index in [1.165, 1.54) is 0 Å². The molecule has 0 radical (unpaired) electrons. The molecule has 1 saturated heterocycles. The summed E-state index contributed by atoms with van der Waals surface area (Å²) < 4.78 is 13.1. The Morgan fingerprint density at radius 3 is 2.68 bits per heavy atom. The number of hydrogen-bond acceptors (Lipinski definition) is 6. The summed E-state index contributed by atoms with van der Waals surface area (Å²) in [6.07, 6.45) is 2.48. The van der Waals surface area contributed by atoms with Crippen LogP contribution >= 0.6 is 11.7 Å². The molecule has 22 heavy (non-hydrogen) atoms. The third kappa shape index (κ3) is 3.19. The van der Waals surface area contributed by atoms with Crippen LogP contribution in [-0.4, -0.2) is 52.8 Å². The van der Waals surface area contributed by atoms with Crippen LogP contribution in [0.5, 0.6) is 5.75 Å². The molecule has 3 rings (SSSR count). The van der Waals surface area contributed by atoms with Crippen LogP contribution in [0.2, 0.25) is 0 Å². The number of carbonyl (C=O) groups is 1. The first-order valence-electron chi connectivity index (χ1n) is 7.24. The van der Waals surface area contributed by atoms with Gasteiger partial charge in [0.25, 0.3) is 5.91 Å². The smallest absolute Gasteiger partial charge is 0.275 e. The third-order valence-corrected chi connectivity index (χ3v) is 4.28. The van der Waals surface area contributed by atoms with E-state index in [2.05, 4.69) is 25.8 Å². The molecule has 0 bridgehead atoms. The van der Waals surface area contributed by atoms with E-state index in [1.807, 2.05) is 17.0 Å². The minimum Gasteiger partial charge on any atom is -0.497 e. The second-order valence-electron chi connectivity index (χ2n) is 5.12. The Labute approximate surface area is 133 Å². The van der Waals surface area contributed by atoms with E-state index in [9.17, 15) is 4.79 Å². The molecule has 7 heteroatoms. The predicted octanol–water partition coefficient (Wildman–Crippen LogP) is 1.90. The summed E-state index contributed by atoms with van der Waals surface area (Å²) in [5, 5.41) is 0. The molecule has 116 valence electrons. The van der Waals surface area contributed by atoms with Crippen LogP contribution in [0.4, 0.5) is 5.69 Å². The molecule has 1 aromatic heterocycles. The first kappa shape index (κ1) is 14.8. The number of rotatable bonds is 3. The van der Waals surface area contributed by atoms with Crippen molar-refractivity contribution in [2.24, 2.45) is 0 Å².